The van der Waals surface area contributed by atoms with Crippen LogP contribution in [-0.4, -0.2) is 9.97 Å². The van der Waals surface area contributed by atoms with Crippen molar-refractivity contribution in [1.82, 2.24) is 9.97 Å². The topological polar surface area (TPSA) is 25.8 Å². The van der Waals surface area contributed by atoms with Gasteiger partial charge in [-0.05, 0) is 37.1 Å². The molecule has 0 aliphatic rings. The number of halogens is 1. The highest BCUT2D eigenvalue weighted by molar-refractivity contribution is 9.10. The number of rotatable bonds is 3. The van der Waals surface area contributed by atoms with Gasteiger partial charge in [-0.15, -0.1) is 11.3 Å². The molecule has 3 aromatic rings. The number of hydrogen-bond donors (Lipinski definition) is 0. The number of pyridine rings is 1. The molecule has 0 saturated carbocycles. The van der Waals surface area contributed by atoms with Gasteiger partial charge in [0.25, 0.3) is 0 Å². The van der Waals surface area contributed by atoms with Gasteiger partial charge in [0.2, 0.25) is 0 Å². The minimum absolute atomic E-state index is 0.968. The van der Waals surface area contributed by atoms with Crippen LogP contribution >= 0.6 is 27.3 Å². The molecule has 0 bridgehead atoms. The van der Waals surface area contributed by atoms with Gasteiger partial charge in [-0.25, -0.2) is 4.98 Å². The second-order valence-electron chi connectivity index (χ2n) is 4.82. The molecule has 0 amide bonds. The molecule has 106 valence electrons. The fourth-order valence-electron chi connectivity index (χ4n) is 2.30. The Balaban J connectivity index is 2.07. The number of benzene rings is 1. The normalized spacial score (nSPS) is 10.8. The summed E-state index contributed by atoms with van der Waals surface area (Å²) in [4.78, 5) is 10.3. The van der Waals surface area contributed by atoms with Gasteiger partial charge in [-0.3, -0.25) is 4.98 Å². The summed E-state index contributed by atoms with van der Waals surface area (Å²) < 4.78 is 1.08. The SMILES string of the molecule is CCc1cnccc1-c1nc(-c2ccc(Br)cc2)c(C)s1. The molecule has 0 aliphatic carbocycles. The Hall–Kier alpha value is -1.52. The Morgan fingerprint density at radius 1 is 1.14 bits per heavy atom. The lowest BCUT2D eigenvalue weighted by molar-refractivity contribution is 1.10. The molecular formula is C17H15BrN2S. The van der Waals surface area contributed by atoms with Crippen LogP contribution in [0.4, 0.5) is 0 Å². The van der Waals surface area contributed by atoms with Gasteiger partial charge >= 0.3 is 0 Å². The van der Waals surface area contributed by atoms with E-state index < -0.39 is 0 Å². The van der Waals surface area contributed by atoms with Crippen LogP contribution in [-0.2, 0) is 6.42 Å². The first-order valence-corrected chi connectivity index (χ1v) is 8.46. The van der Waals surface area contributed by atoms with E-state index >= 15 is 0 Å². The van der Waals surface area contributed by atoms with E-state index in [1.165, 1.54) is 16.0 Å². The van der Waals surface area contributed by atoms with E-state index in [2.05, 4.69) is 65.1 Å². The van der Waals surface area contributed by atoms with E-state index in [-0.39, 0.29) is 0 Å². The molecule has 0 aliphatic heterocycles. The average Bonchev–Trinajstić information content (AvgIpc) is 2.90. The van der Waals surface area contributed by atoms with Crippen LogP contribution in [0.5, 0.6) is 0 Å². The molecular weight excluding hydrogens is 344 g/mol. The highest BCUT2D eigenvalue weighted by Crippen LogP contribution is 2.34. The Morgan fingerprint density at radius 3 is 2.62 bits per heavy atom. The van der Waals surface area contributed by atoms with Crippen LogP contribution in [0.2, 0.25) is 0 Å². The summed E-state index contributed by atoms with van der Waals surface area (Å²) in [6, 6.07) is 10.4. The Labute approximate surface area is 137 Å². The van der Waals surface area contributed by atoms with Crippen LogP contribution in [0.15, 0.2) is 47.2 Å². The smallest absolute Gasteiger partial charge is 0.124 e. The van der Waals surface area contributed by atoms with Crippen LogP contribution < -0.4 is 0 Å². The predicted octanol–water partition coefficient (Wildman–Crippen LogP) is 5.51. The van der Waals surface area contributed by atoms with Crippen molar-refractivity contribution in [3.05, 3.63) is 57.6 Å². The summed E-state index contributed by atoms with van der Waals surface area (Å²) >= 11 is 5.22. The minimum Gasteiger partial charge on any atom is -0.264 e. The van der Waals surface area contributed by atoms with E-state index in [0.29, 0.717) is 0 Å². The van der Waals surface area contributed by atoms with Gasteiger partial charge in [0.05, 0.1) is 5.69 Å². The zero-order valence-electron chi connectivity index (χ0n) is 11.9. The zero-order valence-corrected chi connectivity index (χ0v) is 14.3. The zero-order chi connectivity index (χ0) is 14.8. The second-order valence-corrected chi connectivity index (χ2v) is 6.94. The summed E-state index contributed by atoms with van der Waals surface area (Å²) in [6.45, 7) is 4.28. The predicted molar refractivity (Wildman–Crippen MR) is 92.6 cm³/mol. The largest absolute Gasteiger partial charge is 0.264 e. The Morgan fingerprint density at radius 2 is 1.90 bits per heavy atom. The molecule has 21 heavy (non-hydrogen) atoms. The summed E-state index contributed by atoms with van der Waals surface area (Å²) in [5.74, 6) is 0. The van der Waals surface area contributed by atoms with Gasteiger partial charge in [-0.2, -0.15) is 0 Å². The van der Waals surface area contributed by atoms with E-state index in [0.717, 1.165) is 27.2 Å². The fraction of sp³-hybridized carbons (Fsp3) is 0.176. The number of aryl methyl sites for hydroxylation is 2. The molecule has 2 aromatic heterocycles. The third-order valence-electron chi connectivity index (χ3n) is 3.43. The second kappa shape index (κ2) is 6.08. The summed E-state index contributed by atoms with van der Waals surface area (Å²) in [5, 5.41) is 1.07. The maximum atomic E-state index is 4.86. The fourth-order valence-corrected chi connectivity index (χ4v) is 3.57. The molecule has 0 N–H and O–H groups in total. The van der Waals surface area contributed by atoms with Crippen molar-refractivity contribution in [2.24, 2.45) is 0 Å². The van der Waals surface area contributed by atoms with Crippen molar-refractivity contribution in [2.45, 2.75) is 20.3 Å². The standard InChI is InChI=1S/C17H15BrN2S/c1-3-12-10-19-9-8-15(12)17-20-16(11(2)21-17)13-4-6-14(18)7-5-13/h4-10H,3H2,1-2H3. The van der Waals surface area contributed by atoms with E-state index in [9.17, 15) is 0 Å². The molecule has 0 saturated heterocycles. The van der Waals surface area contributed by atoms with Crippen molar-refractivity contribution in [3.8, 4) is 21.8 Å². The summed E-state index contributed by atoms with van der Waals surface area (Å²) in [5.41, 5.74) is 4.67. The highest BCUT2D eigenvalue weighted by atomic mass is 79.9. The first-order chi connectivity index (χ1) is 10.2. The monoisotopic (exact) mass is 358 g/mol. The van der Waals surface area contributed by atoms with Crippen LogP contribution in [0.1, 0.15) is 17.4 Å². The van der Waals surface area contributed by atoms with Gasteiger partial charge in [0, 0.05) is 32.9 Å². The van der Waals surface area contributed by atoms with E-state index in [1.807, 2.05) is 12.4 Å². The van der Waals surface area contributed by atoms with Gasteiger partial charge < -0.3 is 0 Å². The van der Waals surface area contributed by atoms with Crippen LogP contribution in [0.25, 0.3) is 21.8 Å². The highest BCUT2D eigenvalue weighted by Gasteiger charge is 2.13. The summed E-state index contributed by atoms with van der Waals surface area (Å²) in [6.07, 6.45) is 4.74. The van der Waals surface area contributed by atoms with Gasteiger partial charge in [0.1, 0.15) is 5.01 Å². The first kappa shape index (κ1) is 14.4. The molecule has 0 fully saturated rings. The van der Waals surface area contributed by atoms with Gasteiger partial charge in [-0.1, -0.05) is 35.0 Å². The molecule has 2 nitrogen and oxygen atoms in total. The van der Waals surface area contributed by atoms with E-state index in [1.54, 1.807) is 11.3 Å². The molecule has 3 rings (SSSR count). The third-order valence-corrected chi connectivity index (χ3v) is 4.96. The lowest BCUT2D eigenvalue weighted by Gasteiger charge is -2.03. The van der Waals surface area contributed by atoms with E-state index in [4.69, 9.17) is 4.98 Å². The quantitative estimate of drug-likeness (QED) is 0.617. The lowest BCUT2D eigenvalue weighted by atomic mass is 10.1. The van der Waals surface area contributed by atoms with Crippen molar-refractivity contribution >= 4 is 27.3 Å². The van der Waals surface area contributed by atoms with Crippen LogP contribution in [0, 0.1) is 6.92 Å². The number of nitrogens with zero attached hydrogens (tertiary/aromatic N) is 2. The molecule has 2 heterocycles. The van der Waals surface area contributed by atoms with Crippen molar-refractivity contribution < 1.29 is 0 Å². The molecule has 0 atom stereocenters. The van der Waals surface area contributed by atoms with Crippen molar-refractivity contribution in [2.75, 3.05) is 0 Å². The molecule has 0 unspecified atom stereocenters. The third kappa shape index (κ3) is 2.92. The maximum Gasteiger partial charge on any atom is 0.124 e. The van der Waals surface area contributed by atoms with Crippen molar-refractivity contribution in [1.29, 1.82) is 0 Å². The van der Waals surface area contributed by atoms with Crippen LogP contribution in [0.3, 0.4) is 0 Å². The number of aromatic nitrogens is 2. The number of hydrogen-bond acceptors (Lipinski definition) is 3. The van der Waals surface area contributed by atoms with Gasteiger partial charge in [0.15, 0.2) is 0 Å². The number of thiazole rings is 1. The maximum absolute atomic E-state index is 4.86. The molecule has 1 aromatic carbocycles. The minimum atomic E-state index is 0.968. The lowest BCUT2D eigenvalue weighted by Crippen LogP contribution is -1.88. The Bertz CT molecular complexity index is 763. The molecule has 0 radical (unpaired) electrons. The Kier molecular flexibility index (Phi) is 4.17. The molecule has 0 spiro atoms. The first-order valence-electron chi connectivity index (χ1n) is 6.85. The summed E-state index contributed by atoms with van der Waals surface area (Å²) in [7, 11) is 0. The van der Waals surface area contributed by atoms with Crippen molar-refractivity contribution in [3.63, 3.8) is 0 Å². The average molecular weight is 359 g/mol. The molecule has 4 heteroatoms.